The Kier molecular flexibility index (Phi) is 4.34. The molecule has 110 valence electrons. The number of sulfonamides is 1. The first kappa shape index (κ1) is 16.4. The first-order chi connectivity index (χ1) is 8.37. The average Bonchev–Trinajstić information content (AvgIpc) is 2.62. The second kappa shape index (κ2) is 5.03. The van der Waals surface area contributed by atoms with E-state index in [0.717, 1.165) is 0 Å². The van der Waals surface area contributed by atoms with Crippen molar-refractivity contribution in [3.63, 3.8) is 0 Å². The Labute approximate surface area is 117 Å². The molecule has 19 heavy (non-hydrogen) atoms. The zero-order valence-corrected chi connectivity index (χ0v) is 14.7. The molecule has 1 aromatic heterocycles. The van der Waals surface area contributed by atoms with Gasteiger partial charge in [-0.1, -0.05) is 33.9 Å². The summed E-state index contributed by atoms with van der Waals surface area (Å²) in [5.41, 5.74) is 0. The van der Waals surface area contributed by atoms with Crippen LogP contribution in [0.1, 0.15) is 40.7 Å². The fourth-order valence-corrected chi connectivity index (χ4v) is 6.06. The molecule has 1 rings (SSSR count). The second-order valence-corrected chi connectivity index (χ2v) is 13.7. The van der Waals surface area contributed by atoms with Crippen molar-refractivity contribution in [2.24, 2.45) is 0 Å². The Morgan fingerprint density at radius 2 is 1.84 bits per heavy atom. The summed E-state index contributed by atoms with van der Waals surface area (Å²) in [4.78, 5) is 4.01. The van der Waals surface area contributed by atoms with Crippen LogP contribution in [0.3, 0.4) is 0 Å². The van der Waals surface area contributed by atoms with Crippen LogP contribution in [0.25, 0.3) is 0 Å². The highest BCUT2D eigenvalue weighted by Crippen LogP contribution is 2.34. The maximum atomic E-state index is 12.4. The lowest BCUT2D eigenvalue weighted by atomic mass is 10.2. The van der Waals surface area contributed by atoms with Crippen LogP contribution in [0, 0.1) is 0 Å². The van der Waals surface area contributed by atoms with E-state index >= 15 is 0 Å². The van der Waals surface area contributed by atoms with Gasteiger partial charge >= 0.3 is 0 Å². The molecule has 0 unspecified atom stereocenters. The van der Waals surface area contributed by atoms with E-state index in [-0.39, 0.29) is 16.1 Å². The molecule has 1 aromatic rings. The van der Waals surface area contributed by atoms with Crippen LogP contribution in [0.2, 0.25) is 18.1 Å². The highest BCUT2D eigenvalue weighted by molar-refractivity contribution is 7.90. The highest BCUT2D eigenvalue weighted by Gasteiger charge is 2.40. The molecule has 0 spiro atoms. The normalized spacial score (nSPS) is 14.1. The number of imidazole rings is 1. The highest BCUT2D eigenvalue weighted by atomic mass is 32.2. The van der Waals surface area contributed by atoms with Gasteiger partial charge in [0.1, 0.15) is 8.24 Å². The van der Waals surface area contributed by atoms with Gasteiger partial charge in [0.2, 0.25) is 0 Å². The fourth-order valence-electron chi connectivity index (χ4n) is 1.28. The molecule has 0 fully saturated rings. The molecule has 0 bridgehead atoms. The summed E-state index contributed by atoms with van der Waals surface area (Å²) in [6.07, 6.45) is 3.14. The molecule has 1 N–H and O–H groups in total. The van der Waals surface area contributed by atoms with E-state index in [1.54, 1.807) is 17.1 Å². The SMILES string of the molecule is CC(C)n1cnc(S(=O)(=O)N[Si](C)(C)C(C)(C)C)c1. The van der Waals surface area contributed by atoms with E-state index < -0.39 is 18.3 Å². The van der Waals surface area contributed by atoms with Crippen LogP contribution in [0.15, 0.2) is 17.6 Å². The van der Waals surface area contributed by atoms with Crippen molar-refractivity contribution in [3.05, 3.63) is 12.5 Å². The number of nitrogens with zero attached hydrogens (tertiary/aromatic N) is 2. The molecular weight excluding hydrogens is 278 g/mol. The fraction of sp³-hybridized carbons (Fsp3) is 0.750. The van der Waals surface area contributed by atoms with Crippen molar-refractivity contribution < 1.29 is 8.42 Å². The van der Waals surface area contributed by atoms with E-state index in [0.29, 0.717) is 0 Å². The number of nitrogens with one attached hydrogen (secondary N) is 1. The molecule has 0 radical (unpaired) electrons. The lowest BCUT2D eigenvalue weighted by molar-refractivity contribution is 0.583. The maximum absolute atomic E-state index is 12.4. The van der Waals surface area contributed by atoms with Gasteiger partial charge in [0, 0.05) is 12.2 Å². The summed E-state index contributed by atoms with van der Waals surface area (Å²) in [6, 6.07) is 0.198. The van der Waals surface area contributed by atoms with Crippen LogP contribution in [-0.4, -0.2) is 26.2 Å². The minimum Gasteiger partial charge on any atom is -0.334 e. The van der Waals surface area contributed by atoms with E-state index in [2.05, 4.69) is 30.1 Å². The predicted octanol–water partition coefficient (Wildman–Crippen LogP) is 2.75. The topological polar surface area (TPSA) is 64.0 Å². The Balaban J connectivity index is 3.05. The standard InChI is InChI=1S/C12H25N3O2SSi/c1-10(2)15-8-11(13-9-15)18(16,17)14-19(6,7)12(3,4)5/h8-10,14H,1-7H3. The molecule has 0 aliphatic heterocycles. The molecule has 7 heteroatoms. The van der Waals surface area contributed by atoms with Crippen molar-refractivity contribution >= 4 is 18.3 Å². The van der Waals surface area contributed by atoms with Crippen LogP contribution < -0.4 is 4.39 Å². The quantitative estimate of drug-likeness (QED) is 0.870. The molecule has 0 saturated heterocycles. The van der Waals surface area contributed by atoms with E-state index in [4.69, 9.17) is 0 Å². The summed E-state index contributed by atoms with van der Waals surface area (Å²) in [5.74, 6) is 0. The summed E-state index contributed by atoms with van der Waals surface area (Å²) in [7, 11) is -5.66. The van der Waals surface area contributed by atoms with Gasteiger partial charge in [-0.2, -0.15) is 0 Å². The average molecular weight is 304 g/mol. The lowest BCUT2D eigenvalue weighted by Gasteiger charge is -2.36. The van der Waals surface area contributed by atoms with Crippen LogP contribution in [0.4, 0.5) is 0 Å². The number of rotatable bonds is 4. The molecular formula is C12H25N3O2SSi. The van der Waals surface area contributed by atoms with E-state index in [1.165, 1.54) is 0 Å². The predicted molar refractivity (Wildman–Crippen MR) is 80.1 cm³/mol. The van der Waals surface area contributed by atoms with Crippen molar-refractivity contribution in [1.29, 1.82) is 0 Å². The van der Waals surface area contributed by atoms with Crippen molar-refractivity contribution in [3.8, 4) is 0 Å². The lowest BCUT2D eigenvalue weighted by Crippen LogP contribution is -2.54. The molecule has 0 aliphatic carbocycles. The number of hydrogen-bond acceptors (Lipinski definition) is 3. The van der Waals surface area contributed by atoms with Gasteiger partial charge in [0.15, 0.2) is 5.03 Å². The monoisotopic (exact) mass is 303 g/mol. The van der Waals surface area contributed by atoms with Crippen molar-refractivity contribution in [2.45, 2.75) is 63.8 Å². The Bertz CT molecular complexity index is 542. The molecule has 0 amide bonds. The number of hydrogen-bond donors (Lipinski definition) is 1. The minimum absolute atomic E-state index is 0.0549. The molecule has 0 atom stereocenters. The maximum Gasteiger partial charge on any atom is 0.253 e. The third kappa shape index (κ3) is 3.67. The first-order valence-electron chi connectivity index (χ1n) is 6.44. The van der Waals surface area contributed by atoms with Crippen molar-refractivity contribution in [2.75, 3.05) is 0 Å². The van der Waals surface area contributed by atoms with Crippen LogP contribution in [-0.2, 0) is 10.0 Å². The van der Waals surface area contributed by atoms with Gasteiger partial charge in [0.05, 0.1) is 6.33 Å². The molecule has 0 aliphatic rings. The van der Waals surface area contributed by atoms with Crippen LogP contribution in [0.5, 0.6) is 0 Å². The van der Waals surface area contributed by atoms with Gasteiger partial charge in [-0.25, -0.2) is 17.8 Å². The van der Waals surface area contributed by atoms with Gasteiger partial charge in [-0.3, -0.25) is 0 Å². The van der Waals surface area contributed by atoms with Gasteiger partial charge in [-0.05, 0) is 18.9 Å². The number of aromatic nitrogens is 2. The van der Waals surface area contributed by atoms with Gasteiger partial charge in [-0.15, -0.1) is 0 Å². The third-order valence-electron chi connectivity index (χ3n) is 3.71. The Morgan fingerprint density at radius 3 is 2.21 bits per heavy atom. The molecule has 0 aromatic carbocycles. The Morgan fingerprint density at radius 1 is 1.32 bits per heavy atom. The van der Waals surface area contributed by atoms with E-state index in [1.807, 2.05) is 26.9 Å². The zero-order valence-electron chi connectivity index (χ0n) is 12.9. The summed E-state index contributed by atoms with van der Waals surface area (Å²) >= 11 is 0. The van der Waals surface area contributed by atoms with Gasteiger partial charge < -0.3 is 4.57 Å². The molecule has 1 heterocycles. The second-order valence-electron chi connectivity index (χ2n) is 6.73. The van der Waals surface area contributed by atoms with Crippen molar-refractivity contribution in [1.82, 2.24) is 13.9 Å². The van der Waals surface area contributed by atoms with Crippen LogP contribution >= 0.6 is 0 Å². The van der Waals surface area contributed by atoms with E-state index in [9.17, 15) is 8.42 Å². The first-order valence-corrected chi connectivity index (χ1v) is 10.9. The zero-order chi connectivity index (χ0) is 15.1. The molecule has 5 nitrogen and oxygen atoms in total. The third-order valence-corrected chi connectivity index (χ3v) is 11.3. The molecule has 0 saturated carbocycles. The minimum atomic E-state index is -3.53. The largest absolute Gasteiger partial charge is 0.334 e. The summed E-state index contributed by atoms with van der Waals surface area (Å²) in [6.45, 7) is 14.2. The Hall–Kier alpha value is -0.663. The smallest absolute Gasteiger partial charge is 0.253 e. The van der Waals surface area contributed by atoms with Gasteiger partial charge in [0.25, 0.3) is 10.0 Å². The summed E-state index contributed by atoms with van der Waals surface area (Å²) in [5, 5.41) is 0.0479. The summed E-state index contributed by atoms with van der Waals surface area (Å²) < 4.78 is 29.4.